The first-order chi connectivity index (χ1) is 11.7. The SMILES string of the molecule is CCn1c(NC(=O)c2ccccc2)c(C#N)c2ccc(OC)cc21. The predicted molar refractivity (Wildman–Crippen MR) is 93.3 cm³/mol. The Bertz CT molecular complexity index is 937. The molecule has 0 saturated heterocycles. The summed E-state index contributed by atoms with van der Waals surface area (Å²) in [5.74, 6) is 0.980. The number of hydrogen-bond acceptors (Lipinski definition) is 3. The zero-order valence-corrected chi connectivity index (χ0v) is 13.5. The number of hydrogen-bond donors (Lipinski definition) is 1. The highest BCUT2D eigenvalue weighted by Gasteiger charge is 2.19. The summed E-state index contributed by atoms with van der Waals surface area (Å²) in [6.07, 6.45) is 0. The number of rotatable bonds is 4. The first-order valence-electron chi connectivity index (χ1n) is 7.66. The van der Waals surface area contributed by atoms with Gasteiger partial charge in [-0.15, -0.1) is 0 Å². The minimum atomic E-state index is -0.239. The van der Waals surface area contributed by atoms with E-state index >= 15 is 0 Å². The molecule has 0 radical (unpaired) electrons. The van der Waals surface area contributed by atoms with Gasteiger partial charge in [0.15, 0.2) is 0 Å². The fourth-order valence-electron chi connectivity index (χ4n) is 2.80. The number of methoxy groups -OCH3 is 1. The molecule has 0 fully saturated rings. The van der Waals surface area contributed by atoms with E-state index in [0.29, 0.717) is 29.2 Å². The molecule has 1 amide bonds. The average molecular weight is 319 g/mol. The molecule has 5 heteroatoms. The maximum atomic E-state index is 12.5. The van der Waals surface area contributed by atoms with Crippen molar-refractivity contribution in [3.05, 3.63) is 59.7 Å². The third-order valence-electron chi connectivity index (χ3n) is 3.97. The van der Waals surface area contributed by atoms with Gasteiger partial charge in [-0.3, -0.25) is 4.79 Å². The number of aromatic nitrogens is 1. The third-order valence-corrected chi connectivity index (χ3v) is 3.97. The molecule has 0 saturated carbocycles. The van der Waals surface area contributed by atoms with Gasteiger partial charge in [-0.25, -0.2) is 0 Å². The van der Waals surface area contributed by atoms with E-state index in [1.54, 1.807) is 31.4 Å². The third kappa shape index (κ3) is 2.59. The van der Waals surface area contributed by atoms with Crippen molar-refractivity contribution in [2.24, 2.45) is 0 Å². The van der Waals surface area contributed by atoms with Crippen molar-refractivity contribution in [1.82, 2.24) is 4.57 Å². The van der Waals surface area contributed by atoms with E-state index in [0.717, 1.165) is 10.9 Å². The van der Waals surface area contributed by atoms with E-state index in [4.69, 9.17) is 4.74 Å². The van der Waals surface area contributed by atoms with Crippen molar-refractivity contribution in [3.8, 4) is 11.8 Å². The molecule has 0 aliphatic heterocycles. The number of anilines is 1. The van der Waals surface area contributed by atoms with E-state index in [9.17, 15) is 10.1 Å². The summed E-state index contributed by atoms with van der Waals surface area (Å²) in [6.45, 7) is 2.59. The molecule has 0 unspecified atom stereocenters. The second-order valence-electron chi connectivity index (χ2n) is 5.28. The molecule has 120 valence electrons. The Kier molecular flexibility index (Phi) is 4.21. The highest BCUT2D eigenvalue weighted by Crippen LogP contribution is 2.32. The summed E-state index contributed by atoms with van der Waals surface area (Å²) < 4.78 is 7.19. The van der Waals surface area contributed by atoms with Crippen molar-refractivity contribution < 1.29 is 9.53 Å². The molecule has 24 heavy (non-hydrogen) atoms. The lowest BCUT2D eigenvalue weighted by Crippen LogP contribution is -2.15. The molecule has 1 N–H and O–H groups in total. The van der Waals surface area contributed by atoms with Gasteiger partial charge in [0.25, 0.3) is 5.91 Å². The molecular formula is C19H17N3O2. The summed E-state index contributed by atoms with van der Waals surface area (Å²) in [5, 5.41) is 13.3. The van der Waals surface area contributed by atoms with Crippen LogP contribution in [0, 0.1) is 11.3 Å². The number of amides is 1. The van der Waals surface area contributed by atoms with Crippen molar-refractivity contribution in [3.63, 3.8) is 0 Å². The van der Waals surface area contributed by atoms with Crippen LogP contribution in [0.5, 0.6) is 5.75 Å². The van der Waals surface area contributed by atoms with Gasteiger partial charge in [-0.05, 0) is 31.2 Å². The predicted octanol–water partition coefficient (Wildman–Crippen LogP) is 3.79. The lowest BCUT2D eigenvalue weighted by atomic mass is 10.1. The first kappa shape index (κ1) is 15.6. The number of aryl methyl sites for hydroxylation is 1. The van der Waals surface area contributed by atoms with Crippen LogP contribution < -0.4 is 10.1 Å². The fourth-order valence-corrected chi connectivity index (χ4v) is 2.80. The molecule has 0 aliphatic rings. The molecule has 1 heterocycles. The van der Waals surface area contributed by atoms with Crippen LogP contribution in [0.4, 0.5) is 5.82 Å². The first-order valence-corrected chi connectivity index (χ1v) is 7.66. The number of nitrogens with zero attached hydrogens (tertiary/aromatic N) is 2. The van der Waals surface area contributed by atoms with Crippen LogP contribution in [0.2, 0.25) is 0 Å². The van der Waals surface area contributed by atoms with Crippen LogP contribution in [-0.2, 0) is 6.54 Å². The quantitative estimate of drug-likeness (QED) is 0.795. The highest BCUT2D eigenvalue weighted by molar-refractivity contribution is 6.07. The van der Waals surface area contributed by atoms with E-state index in [1.807, 2.05) is 35.8 Å². The number of carbonyl (C=O) groups excluding carboxylic acids is 1. The van der Waals surface area contributed by atoms with Crippen LogP contribution in [0.25, 0.3) is 10.9 Å². The van der Waals surface area contributed by atoms with Crippen molar-refractivity contribution in [2.75, 3.05) is 12.4 Å². The Morgan fingerprint density at radius 3 is 2.62 bits per heavy atom. The minimum absolute atomic E-state index is 0.239. The lowest BCUT2D eigenvalue weighted by Gasteiger charge is -2.10. The number of nitriles is 1. The molecular weight excluding hydrogens is 302 g/mol. The zero-order valence-electron chi connectivity index (χ0n) is 13.5. The average Bonchev–Trinajstić information content (AvgIpc) is 2.93. The summed E-state index contributed by atoms with van der Waals surface area (Å²) in [5.41, 5.74) is 1.86. The molecule has 0 spiro atoms. The van der Waals surface area contributed by atoms with Gasteiger partial charge in [-0.2, -0.15) is 5.26 Å². The molecule has 3 rings (SSSR count). The second kappa shape index (κ2) is 6.47. The summed E-state index contributed by atoms with van der Waals surface area (Å²) >= 11 is 0. The van der Waals surface area contributed by atoms with Crippen LogP contribution in [0.1, 0.15) is 22.8 Å². The Balaban J connectivity index is 2.13. The van der Waals surface area contributed by atoms with Crippen molar-refractivity contribution in [2.45, 2.75) is 13.5 Å². The van der Waals surface area contributed by atoms with Gasteiger partial charge >= 0.3 is 0 Å². The number of benzene rings is 2. The van der Waals surface area contributed by atoms with Crippen molar-refractivity contribution in [1.29, 1.82) is 5.26 Å². The highest BCUT2D eigenvalue weighted by atomic mass is 16.5. The molecule has 1 aromatic heterocycles. The molecule has 0 aliphatic carbocycles. The van der Waals surface area contributed by atoms with Crippen LogP contribution in [0.15, 0.2) is 48.5 Å². The smallest absolute Gasteiger partial charge is 0.256 e. The fraction of sp³-hybridized carbons (Fsp3) is 0.158. The van der Waals surface area contributed by atoms with E-state index in [1.165, 1.54) is 0 Å². The van der Waals surface area contributed by atoms with Gasteiger partial charge in [0.05, 0.1) is 12.6 Å². The zero-order chi connectivity index (χ0) is 17.1. The summed E-state index contributed by atoms with van der Waals surface area (Å²) in [4.78, 5) is 12.5. The van der Waals surface area contributed by atoms with Gasteiger partial charge in [0.2, 0.25) is 0 Å². The van der Waals surface area contributed by atoms with Gasteiger partial charge < -0.3 is 14.6 Å². The number of ether oxygens (including phenoxy) is 1. The Hall–Kier alpha value is -3.26. The Morgan fingerprint density at radius 2 is 2.00 bits per heavy atom. The minimum Gasteiger partial charge on any atom is -0.497 e. The molecule has 0 atom stereocenters. The Morgan fingerprint density at radius 1 is 1.25 bits per heavy atom. The monoisotopic (exact) mass is 319 g/mol. The summed E-state index contributed by atoms with van der Waals surface area (Å²) in [7, 11) is 1.60. The summed E-state index contributed by atoms with van der Waals surface area (Å²) in [6, 6.07) is 16.7. The largest absolute Gasteiger partial charge is 0.497 e. The van der Waals surface area contributed by atoms with Crippen LogP contribution in [0.3, 0.4) is 0 Å². The standard InChI is InChI=1S/C19H17N3O2/c1-3-22-17-11-14(24-2)9-10-15(17)16(12-20)18(22)21-19(23)13-7-5-4-6-8-13/h4-11H,3H2,1-2H3,(H,21,23). The molecule has 0 bridgehead atoms. The van der Waals surface area contributed by atoms with E-state index < -0.39 is 0 Å². The van der Waals surface area contributed by atoms with Crippen LogP contribution in [-0.4, -0.2) is 17.6 Å². The number of fused-ring (bicyclic) bond motifs is 1. The van der Waals surface area contributed by atoms with Crippen LogP contribution >= 0.6 is 0 Å². The van der Waals surface area contributed by atoms with E-state index in [2.05, 4.69) is 11.4 Å². The number of nitrogens with one attached hydrogen (secondary N) is 1. The Labute approximate surface area is 140 Å². The second-order valence-corrected chi connectivity index (χ2v) is 5.28. The molecule has 3 aromatic rings. The number of carbonyl (C=O) groups is 1. The normalized spacial score (nSPS) is 10.4. The molecule has 2 aromatic carbocycles. The maximum Gasteiger partial charge on any atom is 0.256 e. The van der Waals surface area contributed by atoms with Gasteiger partial charge in [0.1, 0.15) is 23.2 Å². The van der Waals surface area contributed by atoms with Gasteiger partial charge in [-0.1, -0.05) is 18.2 Å². The topological polar surface area (TPSA) is 67.0 Å². The maximum absolute atomic E-state index is 12.5. The van der Waals surface area contributed by atoms with E-state index in [-0.39, 0.29) is 5.91 Å². The molecule has 5 nitrogen and oxygen atoms in total. The lowest BCUT2D eigenvalue weighted by molar-refractivity contribution is 0.102. The van der Waals surface area contributed by atoms with Crippen molar-refractivity contribution >= 4 is 22.6 Å². The van der Waals surface area contributed by atoms with Gasteiger partial charge in [0, 0.05) is 23.6 Å².